The first-order valence-electron chi connectivity index (χ1n) is 11.7. The molecule has 0 spiro atoms. The van der Waals surface area contributed by atoms with Gasteiger partial charge in [0.25, 0.3) is 5.91 Å². The van der Waals surface area contributed by atoms with Crippen LogP contribution in [0, 0.1) is 0 Å². The lowest BCUT2D eigenvalue weighted by atomic mass is 10.1. The fourth-order valence-electron chi connectivity index (χ4n) is 3.92. The van der Waals surface area contributed by atoms with Crippen molar-refractivity contribution in [1.82, 2.24) is 40.4 Å². The minimum absolute atomic E-state index is 0.0300. The summed E-state index contributed by atoms with van der Waals surface area (Å²) in [5, 5.41) is 8.76. The van der Waals surface area contributed by atoms with Crippen molar-refractivity contribution in [3.63, 3.8) is 0 Å². The molecule has 37 heavy (non-hydrogen) atoms. The molecule has 5 aromatic rings. The molecule has 184 valence electrons. The van der Waals surface area contributed by atoms with Crippen LogP contribution in [0.1, 0.15) is 46.4 Å². The monoisotopic (exact) mass is 492 g/mol. The molecule has 0 fully saturated rings. The summed E-state index contributed by atoms with van der Waals surface area (Å²) in [6, 6.07) is 24.3. The molecule has 0 aliphatic carbocycles. The van der Waals surface area contributed by atoms with E-state index in [2.05, 4.69) is 31.0 Å². The lowest BCUT2D eigenvalue weighted by molar-refractivity contribution is 0.0840. The molecule has 2 amide bonds. The van der Waals surface area contributed by atoms with Crippen LogP contribution in [0.5, 0.6) is 0 Å². The lowest BCUT2D eigenvalue weighted by Gasteiger charge is -2.12. The van der Waals surface area contributed by atoms with Gasteiger partial charge in [0.05, 0.1) is 23.1 Å². The van der Waals surface area contributed by atoms with E-state index < -0.39 is 11.8 Å². The van der Waals surface area contributed by atoms with Crippen molar-refractivity contribution in [2.24, 2.45) is 0 Å². The fourth-order valence-corrected chi connectivity index (χ4v) is 3.92. The number of para-hydroxylation sites is 1. The smallest absolute Gasteiger partial charge is 0.267 e. The van der Waals surface area contributed by atoms with Crippen LogP contribution in [0.4, 0.5) is 0 Å². The molecule has 3 heterocycles. The number of aromatic nitrogens is 6. The van der Waals surface area contributed by atoms with E-state index in [9.17, 15) is 9.59 Å². The van der Waals surface area contributed by atoms with Gasteiger partial charge in [-0.25, -0.2) is 19.3 Å². The summed E-state index contributed by atoms with van der Waals surface area (Å²) in [7, 11) is 0. The Labute approximate surface area is 213 Å². The number of nitrogens with one attached hydrogen (secondary N) is 2. The number of pyridine rings is 1. The molecule has 2 aromatic carbocycles. The molecule has 2 N–H and O–H groups in total. The maximum Gasteiger partial charge on any atom is 0.309 e. The van der Waals surface area contributed by atoms with Gasteiger partial charge in [0.2, 0.25) is 5.82 Å². The Balaban J connectivity index is 1.39. The SMILES string of the molecule is CC(C)c1c(C(=O)NNC(=O)c2nc(-c3ccccc3)n(-c3ccccc3)n2)cnn1-c1ccccn1. The Morgan fingerprint density at radius 2 is 1.49 bits per heavy atom. The van der Waals surface area contributed by atoms with Crippen molar-refractivity contribution < 1.29 is 9.59 Å². The Kier molecular flexibility index (Phi) is 6.54. The molecule has 5 rings (SSSR count). The number of hydrazine groups is 1. The van der Waals surface area contributed by atoms with Gasteiger partial charge >= 0.3 is 5.91 Å². The van der Waals surface area contributed by atoms with Crippen LogP contribution in [0.25, 0.3) is 22.9 Å². The van der Waals surface area contributed by atoms with Crippen LogP contribution < -0.4 is 10.9 Å². The van der Waals surface area contributed by atoms with E-state index in [4.69, 9.17) is 0 Å². The highest BCUT2D eigenvalue weighted by Gasteiger charge is 2.23. The molecule has 0 radical (unpaired) electrons. The minimum atomic E-state index is -0.650. The minimum Gasteiger partial charge on any atom is -0.267 e. The predicted octanol–water partition coefficient (Wildman–Crippen LogP) is 3.71. The van der Waals surface area contributed by atoms with Crippen LogP contribution in [0.15, 0.2) is 91.3 Å². The molecular formula is C27H24N8O2. The number of rotatable bonds is 6. The maximum absolute atomic E-state index is 13.0. The van der Waals surface area contributed by atoms with E-state index in [0.717, 1.165) is 11.3 Å². The standard InChI is InChI=1S/C27H24N8O2/c1-18(2)23-21(17-29-35(23)22-15-9-10-16-28-22)26(36)31-32-27(37)24-30-25(19-11-5-3-6-12-19)34(33-24)20-13-7-4-8-14-20/h3-18H,1-2H3,(H,31,36)(H,32,37). The summed E-state index contributed by atoms with van der Waals surface area (Å²) < 4.78 is 3.22. The van der Waals surface area contributed by atoms with E-state index in [0.29, 0.717) is 22.9 Å². The van der Waals surface area contributed by atoms with E-state index in [1.165, 1.54) is 6.20 Å². The van der Waals surface area contributed by atoms with E-state index >= 15 is 0 Å². The zero-order chi connectivity index (χ0) is 25.8. The maximum atomic E-state index is 13.0. The van der Waals surface area contributed by atoms with Crippen molar-refractivity contribution in [1.29, 1.82) is 0 Å². The number of carbonyl (C=O) groups is 2. The average Bonchev–Trinajstić information content (AvgIpc) is 3.59. The molecule has 10 heteroatoms. The second-order valence-corrected chi connectivity index (χ2v) is 8.48. The van der Waals surface area contributed by atoms with Crippen LogP contribution >= 0.6 is 0 Å². The van der Waals surface area contributed by atoms with Crippen molar-refractivity contribution in [2.45, 2.75) is 19.8 Å². The van der Waals surface area contributed by atoms with Gasteiger partial charge in [0.15, 0.2) is 11.6 Å². The third kappa shape index (κ3) is 4.85. The van der Waals surface area contributed by atoms with Gasteiger partial charge < -0.3 is 0 Å². The van der Waals surface area contributed by atoms with E-state index in [1.807, 2.05) is 86.6 Å². The van der Waals surface area contributed by atoms with Gasteiger partial charge in [-0.2, -0.15) is 5.10 Å². The van der Waals surface area contributed by atoms with Crippen molar-refractivity contribution in [3.05, 3.63) is 108 Å². The van der Waals surface area contributed by atoms with E-state index in [-0.39, 0.29) is 11.7 Å². The van der Waals surface area contributed by atoms with Crippen molar-refractivity contribution in [3.8, 4) is 22.9 Å². The molecule has 0 bridgehead atoms. The lowest BCUT2D eigenvalue weighted by Crippen LogP contribution is -2.42. The third-order valence-electron chi connectivity index (χ3n) is 5.60. The van der Waals surface area contributed by atoms with Gasteiger partial charge in [0, 0.05) is 11.8 Å². The molecule has 10 nitrogen and oxygen atoms in total. The molecule has 0 aliphatic heterocycles. The normalized spacial score (nSPS) is 10.9. The second kappa shape index (κ2) is 10.2. The summed E-state index contributed by atoms with van der Waals surface area (Å²) in [6.07, 6.45) is 3.12. The Morgan fingerprint density at radius 3 is 2.16 bits per heavy atom. The number of carbonyl (C=O) groups excluding carboxylic acids is 2. The topological polar surface area (TPSA) is 120 Å². The van der Waals surface area contributed by atoms with Crippen LogP contribution in [-0.2, 0) is 0 Å². The quantitative estimate of drug-likeness (QED) is 0.349. The van der Waals surface area contributed by atoms with Gasteiger partial charge in [-0.3, -0.25) is 20.4 Å². The summed E-state index contributed by atoms with van der Waals surface area (Å²) in [6.45, 7) is 3.91. The predicted molar refractivity (Wildman–Crippen MR) is 137 cm³/mol. The van der Waals surface area contributed by atoms with Gasteiger partial charge in [-0.1, -0.05) is 68.4 Å². The van der Waals surface area contributed by atoms with Gasteiger partial charge in [-0.05, 0) is 30.2 Å². The van der Waals surface area contributed by atoms with Crippen LogP contribution in [0.3, 0.4) is 0 Å². The fraction of sp³-hybridized carbons (Fsp3) is 0.111. The molecular weight excluding hydrogens is 468 g/mol. The first kappa shape index (κ1) is 23.6. The summed E-state index contributed by atoms with van der Waals surface area (Å²) in [5.74, 6) is -0.178. The number of amides is 2. The molecule has 0 atom stereocenters. The molecule has 3 aromatic heterocycles. The highest BCUT2D eigenvalue weighted by Crippen LogP contribution is 2.23. The first-order valence-corrected chi connectivity index (χ1v) is 11.7. The zero-order valence-electron chi connectivity index (χ0n) is 20.2. The Bertz CT molecular complexity index is 1470. The summed E-state index contributed by atoms with van der Waals surface area (Å²) in [4.78, 5) is 34.8. The first-order chi connectivity index (χ1) is 18.0. The molecule has 0 saturated heterocycles. The number of hydrogen-bond donors (Lipinski definition) is 2. The highest BCUT2D eigenvalue weighted by atomic mass is 16.2. The van der Waals surface area contributed by atoms with Gasteiger partial charge in [-0.15, -0.1) is 5.10 Å². The third-order valence-corrected chi connectivity index (χ3v) is 5.60. The van der Waals surface area contributed by atoms with Crippen molar-refractivity contribution >= 4 is 11.8 Å². The summed E-state index contributed by atoms with van der Waals surface area (Å²) in [5.41, 5.74) is 7.43. The van der Waals surface area contributed by atoms with Crippen molar-refractivity contribution in [2.75, 3.05) is 0 Å². The second-order valence-electron chi connectivity index (χ2n) is 8.48. The number of benzene rings is 2. The van der Waals surface area contributed by atoms with E-state index in [1.54, 1.807) is 21.6 Å². The van der Waals surface area contributed by atoms with Crippen LogP contribution in [-0.4, -0.2) is 41.3 Å². The van der Waals surface area contributed by atoms with Gasteiger partial charge in [0.1, 0.15) is 0 Å². The molecule has 0 unspecified atom stereocenters. The molecule has 0 saturated carbocycles. The Morgan fingerprint density at radius 1 is 0.811 bits per heavy atom. The largest absolute Gasteiger partial charge is 0.309 e. The van der Waals surface area contributed by atoms with Crippen LogP contribution in [0.2, 0.25) is 0 Å². The Hall–Kier alpha value is -5.12. The molecule has 0 aliphatic rings. The zero-order valence-corrected chi connectivity index (χ0v) is 20.2. The summed E-state index contributed by atoms with van der Waals surface area (Å²) >= 11 is 0. The highest BCUT2D eigenvalue weighted by molar-refractivity contribution is 5.98. The average molecular weight is 493 g/mol. The number of hydrogen-bond acceptors (Lipinski definition) is 6. The number of nitrogens with zero attached hydrogens (tertiary/aromatic N) is 6.